The quantitative estimate of drug-likeness (QED) is 0.305. The molecule has 0 amide bonds. The third-order valence-electron chi connectivity index (χ3n) is 6.27. The fourth-order valence-corrected chi connectivity index (χ4v) is 4.79. The van der Waals surface area contributed by atoms with Crippen molar-refractivity contribution in [1.82, 2.24) is 4.57 Å². The Morgan fingerprint density at radius 1 is 0.973 bits per heavy atom. The number of aromatic nitrogens is 1. The molecule has 4 aromatic rings. The summed E-state index contributed by atoms with van der Waals surface area (Å²) in [5, 5.41) is 20.9. The Kier molecular flexibility index (Phi) is 6.84. The molecular formula is C28H27F2NO6. The summed E-state index contributed by atoms with van der Waals surface area (Å²) in [6.45, 7) is 4.08. The van der Waals surface area contributed by atoms with Crippen LogP contribution >= 0.6 is 0 Å². The van der Waals surface area contributed by atoms with Gasteiger partial charge < -0.3 is 29.0 Å². The van der Waals surface area contributed by atoms with Crippen molar-refractivity contribution in [2.24, 2.45) is 0 Å². The molecule has 0 fully saturated rings. The predicted octanol–water partition coefficient (Wildman–Crippen LogP) is 5.92. The minimum atomic E-state index is -1.16. The van der Waals surface area contributed by atoms with E-state index in [1.807, 2.05) is 13.8 Å². The Bertz CT molecular complexity index is 1510. The number of methoxy groups -OCH3 is 3. The lowest BCUT2D eigenvalue weighted by atomic mass is 9.84. The van der Waals surface area contributed by atoms with Gasteiger partial charge >= 0.3 is 5.97 Å². The minimum Gasteiger partial charge on any atom is -0.507 e. The second-order valence-corrected chi connectivity index (χ2v) is 9.23. The van der Waals surface area contributed by atoms with Crippen LogP contribution in [-0.4, -0.2) is 48.7 Å². The maximum absolute atomic E-state index is 14.7. The molecule has 0 aliphatic carbocycles. The van der Waals surface area contributed by atoms with E-state index in [9.17, 15) is 23.8 Å². The number of halogens is 2. The van der Waals surface area contributed by atoms with Gasteiger partial charge in [0.05, 0.1) is 31.7 Å². The average Bonchev–Trinajstić information content (AvgIpc) is 3.20. The van der Waals surface area contributed by atoms with Gasteiger partial charge in [0.15, 0.2) is 11.6 Å². The van der Waals surface area contributed by atoms with E-state index < -0.39 is 23.0 Å². The summed E-state index contributed by atoms with van der Waals surface area (Å²) < 4.78 is 46.8. The van der Waals surface area contributed by atoms with E-state index in [2.05, 4.69) is 0 Å². The molecule has 0 radical (unpaired) electrons. The van der Waals surface area contributed by atoms with Gasteiger partial charge in [0, 0.05) is 41.6 Å². The molecule has 3 aromatic carbocycles. The van der Waals surface area contributed by atoms with Crippen molar-refractivity contribution in [3.8, 4) is 34.1 Å². The Morgan fingerprint density at radius 2 is 1.68 bits per heavy atom. The summed E-state index contributed by atoms with van der Waals surface area (Å²) in [6.07, 6.45) is 0. The lowest BCUT2D eigenvalue weighted by Gasteiger charge is -2.28. The smallest absolute Gasteiger partial charge is 0.339 e. The fraction of sp³-hybridized carbons (Fsp3) is 0.250. The highest BCUT2D eigenvalue weighted by atomic mass is 19.1. The predicted molar refractivity (Wildman–Crippen MR) is 135 cm³/mol. The van der Waals surface area contributed by atoms with E-state index >= 15 is 0 Å². The summed E-state index contributed by atoms with van der Waals surface area (Å²) in [6, 6.07) is 11.1. The number of aromatic carboxylic acids is 1. The van der Waals surface area contributed by atoms with Crippen LogP contribution in [0.4, 0.5) is 8.78 Å². The first-order valence-corrected chi connectivity index (χ1v) is 11.4. The first-order valence-electron chi connectivity index (χ1n) is 11.4. The molecule has 9 heteroatoms. The van der Waals surface area contributed by atoms with Gasteiger partial charge in [0.1, 0.15) is 22.9 Å². The molecule has 37 heavy (non-hydrogen) atoms. The van der Waals surface area contributed by atoms with E-state index in [0.717, 1.165) is 6.07 Å². The normalized spacial score (nSPS) is 11.6. The second-order valence-electron chi connectivity index (χ2n) is 9.23. The second kappa shape index (κ2) is 9.74. The fourth-order valence-electron chi connectivity index (χ4n) is 4.79. The summed E-state index contributed by atoms with van der Waals surface area (Å²) in [5.41, 5.74) is 1.69. The molecule has 0 unspecified atom stereocenters. The zero-order valence-corrected chi connectivity index (χ0v) is 21.1. The molecule has 1 heterocycles. The number of carboxylic acid groups (broad SMARTS) is 1. The molecule has 0 aliphatic rings. The minimum absolute atomic E-state index is 0.00972. The molecule has 0 saturated carbocycles. The van der Waals surface area contributed by atoms with Crippen LogP contribution in [0, 0.1) is 11.6 Å². The highest BCUT2D eigenvalue weighted by Crippen LogP contribution is 2.47. The zero-order valence-electron chi connectivity index (χ0n) is 21.1. The van der Waals surface area contributed by atoms with Crippen LogP contribution in [-0.2, 0) is 10.2 Å². The molecule has 0 saturated heterocycles. The topological polar surface area (TPSA) is 90.2 Å². The number of benzene rings is 3. The Hall–Kier alpha value is -4.11. The van der Waals surface area contributed by atoms with Crippen molar-refractivity contribution in [3.63, 3.8) is 0 Å². The van der Waals surface area contributed by atoms with Gasteiger partial charge in [-0.1, -0.05) is 19.9 Å². The van der Waals surface area contributed by atoms with E-state index in [0.29, 0.717) is 33.4 Å². The van der Waals surface area contributed by atoms with Crippen molar-refractivity contribution in [1.29, 1.82) is 0 Å². The van der Waals surface area contributed by atoms with E-state index in [1.54, 1.807) is 23.8 Å². The first kappa shape index (κ1) is 26.0. The lowest BCUT2D eigenvalue weighted by molar-refractivity contribution is 0.0693. The standard InChI is InChI=1S/C28H27F2NO6/c1-28(2,14-35-3)26-24(15-6-8-18(27(33)34)22(10-15)36-4)25-20(11-16(29)12-21(25)32)31(26)17-7-9-19(30)23(13-17)37-5/h6-13,32H,14H2,1-5H3,(H,33,34). The zero-order chi connectivity index (χ0) is 27.1. The number of phenols is 1. The van der Waals surface area contributed by atoms with Crippen molar-refractivity contribution >= 4 is 16.9 Å². The summed E-state index contributed by atoms with van der Waals surface area (Å²) in [5.74, 6) is -2.60. The molecule has 0 spiro atoms. The molecule has 2 N–H and O–H groups in total. The van der Waals surface area contributed by atoms with E-state index in [1.165, 1.54) is 44.6 Å². The third-order valence-corrected chi connectivity index (χ3v) is 6.27. The van der Waals surface area contributed by atoms with Gasteiger partial charge in [0.2, 0.25) is 0 Å². The number of rotatable bonds is 8. The summed E-state index contributed by atoms with van der Waals surface area (Å²) in [7, 11) is 4.26. The monoisotopic (exact) mass is 511 g/mol. The van der Waals surface area contributed by atoms with Crippen LogP contribution < -0.4 is 9.47 Å². The molecule has 0 bridgehead atoms. The molecular weight excluding hydrogens is 484 g/mol. The van der Waals surface area contributed by atoms with Crippen LogP contribution in [0.2, 0.25) is 0 Å². The van der Waals surface area contributed by atoms with Gasteiger partial charge in [-0.25, -0.2) is 13.6 Å². The first-order chi connectivity index (χ1) is 17.5. The number of aromatic hydroxyl groups is 1. The number of nitrogens with zero attached hydrogens (tertiary/aromatic N) is 1. The van der Waals surface area contributed by atoms with Crippen molar-refractivity contribution in [2.75, 3.05) is 27.9 Å². The largest absolute Gasteiger partial charge is 0.507 e. The van der Waals surface area contributed by atoms with Crippen LogP contribution in [0.5, 0.6) is 17.2 Å². The maximum Gasteiger partial charge on any atom is 0.339 e. The van der Waals surface area contributed by atoms with Gasteiger partial charge in [-0.15, -0.1) is 0 Å². The highest BCUT2D eigenvalue weighted by molar-refractivity contribution is 6.04. The summed E-state index contributed by atoms with van der Waals surface area (Å²) in [4.78, 5) is 11.7. The van der Waals surface area contributed by atoms with Gasteiger partial charge in [-0.05, 0) is 35.9 Å². The Labute approximate surface area is 212 Å². The Balaban J connectivity index is 2.22. The van der Waals surface area contributed by atoms with Crippen LogP contribution in [0.25, 0.3) is 27.7 Å². The van der Waals surface area contributed by atoms with Crippen LogP contribution in [0.15, 0.2) is 48.5 Å². The Morgan fingerprint density at radius 3 is 2.30 bits per heavy atom. The number of carbonyl (C=O) groups is 1. The summed E-state index contributed by atoms with van der Waals surface area (Å²) >= 11 is 0. The molecule has 1 aromatic heterocycles. The molecule has 0 atom stereocenters. The highest BCUT2D eigenvalue weighted by Gasteiger charge is 2.34. The number of fused-ring (bicyclic) bond motifs is 1. The van der Waals surface area contributed by atoms with Crippen LogP contribution in [0.3, 0.4) is 0 Å². The van der Waals surface area contributed by atoms with Gasteiger partial charge in [-0.3, -0.25) is 0 Å². The molecule has 4 rings (SSSR count). The molecule has 7 nitrogen and oxygen atoms in total. The van der Waals surface area contributed by atoms with Crippen molar-refractivity contribution in [2.45, 2.75) is 19.3 Å². The molecule has 194 valence electrons. The average molecular weight is 512 g/mol. The van der Waals surface area contributed by atoms with Crippen molar-refractivity contribution in [3.05, 3.63) is 71.4 Å². The van der Waals surface area contributed by atoms with Gasteiger partial charge in [0.25, 0.3) is 0 Å². The number of ether oxygens (including phenoxy) is 3. The molecule has 0 aliphatic heterocycles. The SMILES string of the molecule is COCC(C)(C)c1c(-c2ccc(C(=O)O)c(OC)c2)c2c(O)cc(F)cc2n1-c1ccc(F)c(OC)c1. The van der Waals surface area contributed by atoms with Crippen LogP contribution in [0.1, 0.15) is 29.9 Å². The van der Waals surface area contributed by atoms with E-state index in [4.69, 9.17) is 14.2 Å². The third kappa shape index (κ3) is 4.46. The number of phenolic OH excluding ortho intramolecular Hbond substituents is 1. The lowest BCUT2D eigenvalue weighted by Crippen LogP contribution is -2.27. The van der Waals surface area contributed by atoms with Crippen molar-refractivity contribution < 1.29 is 38.0 Å². The number of hydrogen-bond acceptors (Lipinski definition) is 5. The number of hydrogen-bond donors (Lipinski definition) is 2. The maximum atomic E-state index is 14.7. The van der Waals surface area contributed by atoms with Gasteiger partial charge in [-0.2, -0.15) is 0 Å². The van der Waals surface area contributed by atoms with E-state index in [-0.39, 0.29) is 29.4 Å². The number of carboxylic acids is 1.